The molecule has 0 aliphatic rings. The predicted molar refractivity (Wildman–Crippen MR) is 67.1 cm³/mol. The van der Waals surface area contributed by atoms with Crippen LogP contribution in [0.5, 0.6) is 0 Å². The predicted octanol–water partition coefficient (Wildman–Crippen LogP) is 1.91. The topological polar surface area (TPSA) is 76.1 Å². The quantitative estimate of drug-likeness (QED) is 0.797. The molecule has 0 radical (unpaired) electrons. The lowest BCUT2D eigenvalue weighted by Crippen LogP contribution is -2.36. The summed E-state index contributed by atoms with van der Waals surface area (Å²) < 4.78 is 5.03. The molecule has 1 unspecified atom stereocenters. The number of amides is 1. The van der Waals surface area contributed by atoms with Gasteiger partial charge < -0.3 is 9.84 Å². The van der Waals surface area contributed by atoms with E-state index in [1.807, 2.05) is 30.3 Å². The minimum atomic E-state index is -1.00. The van der Waals surface area contributed by atoms with Gasteiger partial charge in [-0.3, -0.25) is 9.63 Å². The van der Waals surface area contributed by atoms with Gasteiger partial charge in [-0.2, -0.15) is 5.06 Å². The van der Waals surface area contributed by atoms with E-state index >= 15 is 0 Å². The van der Waals surface area contributed by atoms with Crippen LogP contribution in [0.15, 0.2) is 30.3 Å². The van der Waals surface area contributed by atoms with E-state index in [2.05, 4.69) is 0 Å². The molecule has 6 heteroatoms. The molecule has 1 aromatic rings. The average molecular weight is 267 g/mol. The number of hydrogen-bond donors (Lipinski definition) is 1. The van der Waals surface area contributed by atoms with E-state index in [0.717, 1.165) is 10.6 Å². The van der Waals surface area contributed by atoms with Crippen molar-refractivity contribution in [2.24, 2.45) is 5.92 Å². The van der Waals surface area contributed by atoms with Crippen LogP contribution in [0.2, 0.25) is 0 Å². The number of ether oxygens (including phenoxy) is 1. The Labute approximate surface area is 111 Å². The summed E-state index contributed by atoms with van der Waals surface area (Å²) in [5.74, 6) is -1.73. The minimum Gasteiger partial charge on any atom is -0.481 e. The number of nitrogens with zero attached hydrogens (tertiary/aromatic N) is 1. The van der Waals surface area contributed by atoms with Gasteiger partial charge in [0.1, 0.15) is 6.61 Å². The number of carbonyl (C=O) groups is 2. The third-order valence-electron chi connectivity index (χ3n) is 2.49. The van der Waals surface area contributed by atoms with Crippen LogP contribution in [-0.4, -0.2) is 35.9 Å². The molecule has 0 aliphatic carbocycles. The Morgan fingerprint density at radius 3 is 2.47 bits per heavy atom. The van der Waals surface area contributed by atoms with Crippen LogP contribution in [0.4, 0.5) is 4.79 Å². The van der Waals surface area contributed by atoms with Crippen molar-refractivity contribution in [1.82, 2.24) is 5.06 Å². The summed E-state index contributed by atoms with van der Waals surface area (Å²) in [5, 5.41) is 9.67. The van der Waals surface area contributed by atoms with Gasteiger partial charge in [0.2, 0.25) is 0 Å². The average Bonchev–Trinajstić information content (AvgIpc) is 2.42. The van der Waals surface area contributed by atoms with E-state index in [4.69, 9.17) is 14.7 Å². The van der Waals surface area contributed by atoms with Gasteiger partial charge in [0.25, 0.3) is 0 Å². The molecule has 0 saturated heterocycles. The molecule has 19 heavy (non-hydrogen) atoms. The lowest BCUT2D eigenvalue weighted by molar-refractivity contribution is -0.150. The Kier molecular flexibility index (Phi) is 5.81. The van der Waals surface area contributed by atoms with E-state index in [0.29, 0.717) is 0 Å². The van der Waals surface area contributed by atoms with Crippen LogP contribution in [-0.2, 0) is 21.0 Å². The molecule has 1 atom stereocenters. The number of aliphatic carboxylic acids is 1. The van der Waals surface area contributed by atoms with Crippen LogP contribution >= 0.6 is 0 Å². The summed E-state index contributed by atoms with van der Waals surface area (Å²) in [6.07, 6.45) is -0.709. The Bertz CT molecular complexity index is 420. The lowest BCUT2D eigenvalue weighted by atomic mass is 10.2. The van der Waals surface area contributed by atoms with Gasteiger partial charge in [-0.05, 0) is 5.56 Å². The Balaban J connectivity index is 2.48. The molecule has 1 amide bonds. The fourth-order valence-corrected chi connectivity index (χ4v) is 1.34. The number of hydroxylamine groups is 2. The molecule has 0 bridgehead atoms. The van der Waals surface area contributed by atoms with Gasteiger partial charge in [0.15, 0.2) is 0 Å². The normalized spacial score (nSPS) is 11.7. The highest BCUT2D eigenvalue weighted by atomic mass is 16.7. The third kappa shape index (κ3) is 4.97. The largest absolute Gasteiger partial charge is 0.481 e. The molecule has 1 N–H and O–H groups in total. The summed E-state index contributed by atoms with van der Waals surface area (Å²) in [6.45, 7) is 1.53. The fourth-order valence-electron chi connectivity index (χ4n) is 1.34. The second-order valence-electron chi connectivity index (χ2n) is 4.02. The molecule has 0 spiro atoms. The summed E-state index contributed by atoms with van der Waals surface area (Å²) in [5.41, 5.74) is 0.846. The van der Waals surface area contributed by atoms with E-state index in [9.17, 15) is 9.59 Å². The van der Waals surface area contributed by atoms with Crippen molar-refractivity contribution in [1.29, 1.82) is 0 Å². The zero-order valence-corrected chi connectivity index (χ0v) is 10.9. The second kappa shape index (κ2) is 7.38. The standard InChI is InChI=1S/C13H17NO5/c1-10(12(15)16)8-14(18-2)13(17)19-9-11-6-4-3-5-7-11/h3-7,10H,8-9H2,1-2H3,(H,15,16). The van der Waals surface area contributed by atoms with Crippen molar-refractivity contribution in [3.05, 3.63) is 35.9 Å². The maximum atomic E-state index is 11.7. The third-order valence-corrected chi connectivity index (χ3v) is 2.49. The smallest absolute Gasteiger partial charge is 0.434 e. The molecule has 0 aliphatic heterocycles. The molecule has 104 valence electrons. The van der Waals surface area contributed by atoms with Gasteiger partial charge >= 0.3 is 12.1 Å². The van der Waals surface area contributed by atoms with E-state index in [1.54, 1.807) is 0 Å². The second-order valence-corrected chi connectivity index (χ2v) is 4.02. The van der Waals surface area contributed by atoms with Crippen molar-refractivity contribution in [2.45, 2.75) is 13.5 Å². The highest BCUT2D eigenvalue weighted by molar-refractivity contribution is 5.71. The van der Waals surface area contributed by atoms with Gasteiger partial charge in [0.05, 0.1) is 19.6 Å². The number of benzene rings is 1. The zero-order valence-electron chi connectivity index (χ0n) is 10.9. The molecule has 0 heterocycles. The first-order chi connectivity index (χ1) is 9.04. The van der Waals surface area contributed by atoms with Crippen LogP contribution < -0.4 is 0 Å². The monoisotopic (exact) mass is 267 g/mol. The molecule has 0 fully saturated rings. The Morgan fingerprint density at radius 2 is 1.95 bits per heavy atom. The van der Waals surface area contributed by atoms with Crippen LogP contribution in [0.25, 0.3) is 0 Å². The van der Waals surface area contributed by atoms with E-state index < -0.39 is 18.0 Å². The summed E-state index contributed by atoms with van der Waals surface area (Å²) in [4.78, 5) is 27.2. The zero-order chi connectivity index (χ0) is 14.3. The molecule has 1 aromatic carbocycles. The lowest BCUT2D eigenvalue weighted by Gasteiger charge is -2.20. The first kappa shape index (κ1) is 15.0. The molecule has 0 aromatic heterocycles. The highest BCUT2D eigenvalue weighted by Crippen LogP contribution is 2.06. The summed E-state index contributed by atoms with van der Waals surface area (Å²) in [6, 6.07) is 9.18. The van der Waals surface area contributed by atoms with Crippen molar-refractivity contribution < 1.29 is 24.3 Å². The molecule has 6 nitrogen and oxygen atoms in total. The van der Waals surface area contributed by atoms with Crippen LogP contribution in [0.1, 0.15) is 12.5 Å². The minimum absolute atomic E-state index is 0.0700. The fraction of sp³-hybridized carbons (Fsp3) is 0.385. The van der Waals surface area contributed by atoms with Crippen molar-refractivity contribution in [2.75, 3.05) is 13.7 Å². The van der Waals surface area contributed by atoms with E-state index in [-0.39, 0.29) is 13.2 Å². The number of carboxylic acid groups (broad SMARTS) is 1. The van der Waals surface area contributed by atoms with Gasteiger partial charge in [0, 0.05) is 0 Å². The van der Waals surface area contributed by atoms with Gasteiger partial charge in [-0.25, -0.2) is 4.79 Å². The van der Waals surface area contributed by atoms with E-state index in [1.165, 1.54) is 14.0 Å². The first-order valence-corrected chi connectivity index (χ1v) is 5.79. The molecular weight excluding hydrogens is 250 g/mol. The van der Waals surface area contributed by atoms with Gasteiger partial charge in [-0.1, -0.05) is 37.3 Å². The van der Waals surface area contributed by atoms with Crippen molar-refractivity contribution in [3.8, 4) is 0 Å². The number of carbonyl (C=O) groups excluding carboxylic acids is 1. The number of hydrogen-bond acceptors (Lipinski definition) is 4. The summed E-state index contributed by atoms with van der Waals surface area (Å²) >= 11 is 0. The van der Waals surface area contributed by atoms with Gasteiger partial charge in [-0.15, -0.1) is 0 Å². The summed E-state index contributed by atoms with van der Waals surface area (Å²) in [7, 11) is 1.29. The molecule has 0 saturated carbocycles. The molecule has 1 rings (SSSR count). The van der Waals surface area contributed by atoms with Crippen LogP contribution in [0.3, 0.4) is 0 Å². The number of carboxylic acids is 1. The maximum absolute atomic E-state index is 11.7. The SMILES string of the molecule is CON(CC(C)C(=O)O)C(=O)OCc1ccccc1. The van der Waals surface area contributed by atoms with Crippen molar-refractivity contribution in [3.63, 3.8) is 0 Å². The first-order valence-electron chi connectivity index (χ1n) is 5.79. The Morgan fingerprint density at radius 1 is 1.32 bits per heavy atom. The maximum Gasteiger partial charge on any atom is 0.434 e. The molecular formula is C13H17NO5. The highest BCUT2D eigenvalue weighted by Gasteiger charge is 2.21. The number of rotatable bonds is 6. The Hall–Kier alpha value is -2.08. The van der Waals surface area contributed by atoms with Crippen molar-refractivity contribution >= 4 is 12.1 Å². The van der Waals surface area contributed by atoms with Crippen LogP contribution in [0, 0.1) is 5.92 Å².